The molecule has 0 fully saturated rings. The van der Waals surface area contributed by atoms with Gasteiger partial charge in [-0.1, -0.05) is 292 Å². The Kier molecular flexibility index (Phi) is 58.7. The Morgan fingerprint density at radius 1 is 0.307 bits per heavy atom. The summed E-state index contributed by atoms with van der Waals surface area (Å²) in [6.45, 7) is 11.6. The molecule has 0 aromatic rings. The number of unbranched alkanes of at least 4 members (excludes halogenated alkanes) is 35. The van der Waals surface area contributed by atoms with E-state index < -0.39 is 97.5 Å². The minimum Gasteiger partial charge on any atom is -0.462 e. The van der Waals surface area contributed by atoms with Gasteiger partial charge in [0.05, 0.1) is 26.4 Å². The third kappa shape index (κ3) is 62.8. The molecule has 5 atom stereocenters. The zero-order valence-electron chi connectivity index (χ0n) is 57.2. The molecule has 0 saturated heterocycles. The number of rotatable bonds is 67. The van der Waals surface area contributed by atoms with Crippen LogP contribution in [0.5, 0.6) is 0 Å². The van der Waals surface area contributed by atoms with Gasteiger partial charge in [-0.2, -0.15) is 0 Å². The largest absolute Gasteiger partial charge is 0.472 e. The van der Waals surface area contributed by atoms with E-state index in [1.165, 1.54) is 141 Å². The fourth-order valence-electron chi connectivity index (χ4n) is 10.4. The molecule has 88 heavy (non-hydrogen) atoms. The van der Waals surface area contributed by atoms with Crippen molar-refractivity contribution in [3.63, 3.8) is 0 Å². The van der Waals surface area contributed by atoms with E-state index in [1.54, 1.807) is 0 Å². The Bertz CT molecular complexity index is 1730. The molecule has 0 amide bonds. The molecule has 0 bridgehead atoms. The maximum atomic E-state index is 13.0. The third-order valence-corrected chi connectivity index (χ3v) is 17.8. The smallest absolute Gasteiger partial charge is 0.462 e. The van der Waals surface area contributed by atoms with E-state index >= 15 is 0 Å². The average Bonchev–Trinajstić information content (AvgIpc) is 3.50. The molecular formula is C69H134O17P2. The third-order valence-electron chi connectivity index (χ3n) is 15.9. The number of hydrogen-bond donors (Lipinski definition) is 3. The van der Waals surface area contributed by atoms with E-state index in [0.29, 0.717) is 43.4 Å². The molecule has 0 aromatic heterocycles. The first-order chi connectivity index (χ1) is 42.2. The van der Waals surface area contributed by atoms with Gasteiger partial charge in [-0.15, -0.1) is 0 Å². The Morgan fingerprint density at radius 2 is 0.523 bits per heavy atom. The van der Waals surface area contributed by atoms with E-state index in [2.05, 4.69) is 48.5 Å². The van der Waals surface area contributed by atoms with Gasteiger partial charge in [-0.05, 0) is 43.4 Å². The molecule has 0 rings (SSSR count). The van der Waals surface area contributed by atoms with Gasteiger partial charge in [0.1, 0.15) is 19.3 Å². The second-order valence-corrected chi connectivity index (χ2v) is 29.3. The quantitative estimate of drug-likeness (QED) is 0.0222. The first kappa shape index (κ1) is 86.1. The van der Waals surface area contributed by atoms with E-state index in [4.69, 9.17) is 37.0 Å². The van der Waals surface area contributed by atoms with E-state index in [1.807, 2.05) is 0 Å². The summed E-state index contributed by atoms with van der Waals surface area (Å²) < 4.78 is 68.1. The van der Waals surface area contributed by atoms with Gasteiger partial charge in [0.2, 0.25) is 0 Å². The Morgan fingerprint density at radius 3 is 0.773 bits per heavy atom. The lowest BCUT2D eigenvalue weighted by atomic mass is 10.0. The van der Waals surface area contributed by atoms with Crippen LogP contribution >= 0.6 is 15.6 Å². The van der Waals surface area contributed by atoms with Crippen LogP contribution in [0.25, 0.3) is 0 Å². The summed E-state index contributed by atoms with van der Waals surface area (Å²) in [4.78, 5) is 72.3. The van der Waals surface area contributed by atoms with Crippen LogP contribution in [-0.4, -0.2) is 96.7 Å². The van der Waals surface area contributed by atoms with Crippen LogP contribution in [0.1, 0.15) is 344 Å². The number of hydrogen-bond acceptors (Lipinski definition) is 15. The van der Waals surface area contributed by atoms with Crippen LogP contribution in [0.15, 0.2) is 0 Å². The molecule has 3 N–H and O–H groups in total. The van der Waals surface area contributed by atoms with Gasteiger partial charge in [-0.25, -0.2) is 9.13 Å². The summed E-state index contributed by atoms with van der Waals surface area (Å²) in [6, 6.07) is 0. The number of phosphoric acid groups is 2. The number of phosphoric ester groups is 2. The Balaban J connectivity index is 5.11. The van der Waals surface area contributed by atoms with Gasteiger partial charge in [-0.3, -0.25) is 37.3 Å². The summed E-state index contributed by atoms with van der Waals surface area (Å²) in [5.74, 6) is -0.111. The average molecular weight is 1300 g/mol. The number of aliphatic hydroxyl groups excluding tert-OH is 1. The zero-order chi connectivity index (χ0) is 65.2. The predicted molar refractivity (Wildman–Crippen MR) is 354 cm³/mol. The molecule has 0 aromatic carbocycles. The molecule has 19 heteroatoms. The van der Waals surface area contributed by atoms with Crippen LogP contribution in [0, 0.1) is 17.8 Å². The van der Waals surface area contributed by atoms with Crippen LogP contribution in [0.3, 0.4) is 0 Å². The molecular weight excluding hydrogens is 1160 g/mol. The van der Waals surface area contributed by atoms with Crippen LogP contribution in [-0.2, 0) is 65.4 Å². The lowest BCUT2D eigenvalue weighted by Crippen LogP contribution is -2.30. The molecule has 17 nitrogen and oxygen atoms in total. The molecule has 0 aliphatic heterocycles. The number of ether oxygens (including phenoxy) is 4. The maximum absolute atomic E-state index is 13.0. The highest BCUT2D eigenvalue weighted by Gasteiger charge is 2.30. The number of carbonyl (C=O) groups is 4. The minimum absolute atomic E-state index is 0.101. The first-order valence-corrected chi connectivity index (χ1v) is 38.8. The SMILES string of the molecule is CCCCCCCCCCCCCCCCCCCCCCCC(=O)O[C@H](COC(=O)CCCCCCCCC(C)C)COP(=O)(O)OC[C@@H](O)COP(=O)(O)OC[C@@H](COC(=O)CCCCCCCCC(C)C)OC(=O)CCCCCCCCC(C)C. The van der Waals surface area contributed by atoms with Crippen LogP contribution in [0.4, 0.5) is 0 Å². The molecule has 2 unspecified atom stereocenters. The van der Waals surface area contributed by atoms with Crippen molar-refractivity contribution in [2.45, 2.75) is 362 Å². The molecule has 0 spiro atoms. The Labute approximate surface area is 537 Å². The maximum Gasteiger partial charge on any atom is 0.472 e. The number of carbonyl (C=O) groups excluding carboxylic acids is 4. The lowest BCUT2D eigenvalue weighted by molar-refractivity contribution is -0.161. The molecule has 0 radical (unpaired) electrons. The van der Waals surface area contributed by atoms with Crippen LogP contribution < -0.4 is 0 Å². The number of esters is 4. The lowest BCUT2D eigenvalue weighted by Gasteiger charge is -2.21. The standard InChI is InChI=1S/C69H134O17P2/c1-8-9-10-11-12-13-14-15-16-17-18-19-20-21-22-23-24-25-26-38-45-52-68(73)85-64(56-79-66(71)50-43-36-30-27-33-40-47-60(2)3)58-83-87(75,76)81-54-63(70)55-82-88(77,78)84-59-65(86-69(74)53-46-39-32-29-35-42-49-62(6)7)57-80-67(72)51-44-37-31-28-34-41-48-61(4)5/h60-65,70H,8-59H2,1-7H3,(H,75,76)(H,77,78)/t63-,64-,65-/m1/s1. The molecule has 0 aliphatic rings. The molecule has 0 saturated carbocycles. The van der Waals surface area contributed by atoms with E-state index in [-0.39, 0.29) is 25.7 Å². The highest BCUT2D eigenvalue weighted by atomic mass is 31.2. The zero-order valence-corrected chi connectivity index (χ0v) is 59.0. The van der Waals surface area contributed by atoms with Crippen molar-refractivity contribution in [3.8, 4) is 0 Å². The highest BCUT2D eigenvalue weighted by molar-refractivity contribution is 7.47. The fourth-order valence-corrected chi connectivity index (χ4v) is 11.9. The van der Waals surface area contributed by atoms with Gasteiger partial charge in [0.25, 0.3) is 0 Å². The van der Waals surface area contributed by atoms with Crippen molar-refractivity contribution in [2.75, 3.05) is 39.6 Å². The predicted octanol–water partition coefficient (Wildman–Crippen LogP) is 19.5. The number of aliphatic hydroxyl groups is 1. The molecule has 0 aliphatic carbocycles. The molecule has 0 heterocycles. The van der Waals surface area contributed by atoms with Crippen molar-refractivity contribution in [1.29, 1.82) is 0 Å². The fraction of sp³-hybridized carbons (Fsp3) is 0.942. The van der Waals surface area contributed by atoms with E-state index in [9.17, 15) is 43.2 Å². The van der Waals surface area contributed by atoms with Crippen molar-refractivity contribution < 1.29 is 80.2 Å². The van der Waals surface area contributed by atoms with Crippen molar-refractivity contribution >= 4 is 39.5 Å². The summed E-state index contributed by atoms with van der Waals surface area (Å²) in [7, 11) is -9.89. The van der Waals surface area contributed by atoms with Gasteiger partial charge >= 0.3 is 39.5 Å². The second-order valence-electron chi connectivity index (χ2n) is 26.3. The first-order valence-electron chi connectivity index (χ1n) is 35.8. The highest BCUT2D eigenvalue weighted by Crippen LogP contribution is 2.45. The summed E-state index contributed by atoms with van der Waals surface area (Å²) in [6.07, 6.45) is 43.8. The van der Waals surface area contributed by atoms with Crippen molar-refractivity contribution in [1.82, 2.24) is 0 Å². The van der Waals surface area contributed by atoms with Gasteiger partial charge < -0.3 is 33.8 Å². The summed E-state index contributed by atoms with van der Waals surface area (Å²) in [5.41, 5.74) is 0. The Hall–Kier alpha value is -1.94. The molecule has 522 valence electrons. The van der Waals surface area contributed by atoms with E-state index in [0.717, 1.165) is 103 Å². The van der Waals surface area contributed by atoms with Gasteiger partial charge in [0.15, 0.2) is 12.2 Å². The normalized spacial score (nSPS) is 14.2. The monoisotopic (exact) mass is 1300 g/mol. The second kappa shape index (κ2) is 60.0. The van der Waals surface area contributed by atoms with Crippen molar-refractivity contribution in [3.05, 3.63) is 0 Å². The van der Waals surface area contributed by atoms with Gasteiger partial charge in [0, 0.05) is 25.7 Å². The minimum atomic E-state index is -4.95. The summed E-state index contributed by atoms with van der Waals surface area (Å²) in [5, 5.41) is 10.6. The van der Waals surface area contributed by atoms with Crippen LogP contribution in [0.2, 0.25) is 0 Å². The van der Waals surface area contributed by atoms with Crippen molar-refractivity contribution in [2.24, 2.45) is 17.8 Å². The topological polar surface area (TPSA) is 237 Å². The summed E-state index contributed by atoms with van der Waals surface area (Å²) >= 11 is 0.